The maximum absolute atomic E-state index is 12.4. The Morgan fingerprint density at radius 3 is 2.45 bits per heavy atom. The van der Waals surface area contributed by atoms with E-state index < -0.39 is 45.1 Å². The van der Waals surface area contributed by atoms with Crippen LogP contribution in [0.2, 0.25) is 0 Å². The smallest absolute Gasteiger partial charge is 0.475 e. The standard InChI is InChI=1S/C11H15F3O7S/c1-4-19-9(15)8-7(5-10(2,20-8)6-18-3)21-22(16,17)11(12,13)14/h4-6H2,1-3H3/t10-/m1/s1. The van der Waals surface area contributed by atoms with Gasteiger partial charge in [0.1, 0.15) is 5.60 Å². The zero-order valence-electron chi connectivity index (χ0n) is 12.0. The van der Waals surface area contributed by atoms with Crippen LogP contribution in [0, 0.1) is 0 Å². The fourth-order valence-corrected chi connectivity index (χ4v) is 2.24. The third-order valence-electron chi connectivity index (χ3n) is 2.54. The van der Waals surface area contributed by atoms with Crippen molar-refractivity contribution in [2.75, 3.05) is 20.3 Å². The monoisotopic (exact) mass is 348 g/mol. The Bertz CT molecular complexity index is 567. The molecule has 0 radical (unpaired) electrons. The van der Waals surface area contributed by atoms with Gasteiger partial charge in [0, 0.05) is 7.11 Å². The minimum atomic E-state index is -5.91. The van der Waals surface area contributed by atoms with E-state index in [1.807, 2.05) is 0 Å². The lowest BCUT2D eigenvalue weighted by molar-refractivity contribution is -0.145. The van der Waals surface area contributed by atoms with Gasteiger partial charge in [-0.15, -0.1) is 0 Å². The van der Waals surface area contributed by atoms with Crippen LogP contribution in [0.3, 0.4) is 0 Å². The van der Waals surface area contributed by atoms with Gasteiger partial charge in [0.05, 0.1) is 19.6 Å². The molecule has 0 bridgehead atoms. The molecule has 0 N–H and O–H groups in total. The zero-order valence-corrected chi connectivity index (χ0v) is 12.8. The first kappa shape index (κ1) is 18.6. The van der Waals surface area contributed by atoms with E-state index in [-0.39, 0.29) is 13.2 Å². The Hall–Kier alpha value is -1.49. The van der Waals surface area contributed by atoms with Crippen LogP contribution in [0.5, 0.6) is 0 Å². The molecular weight excluding hydrogens is 333 g/mol. The van der Waals surface area contributed by atoms with Crippen LogP contribution in [-0.4, -0.2) is 45.8 Å². The first-order valence-corrected chi connectivity index (χ1v) is 7.45. The topological polar surface area (TPSA) is 88.1 Å². The number of carbonyl (C=O) groups excluding carboxylic acids is 1. The van der Waals surface area contributed by atoms with Crippen LogP contribution < -0.4 is 0 Å². The molecule has 1 atom stereocenters. The van der Waals surface area contributed by atoms with Crippen molar-refractivity contribution in [1.82, 2.24) is 0 Å². The Balaban J connectivity index is 3.13. The number of ether oxygens (including phenoxy) is 3. The average Bonchev–Trinajstić information content (AvgIpc) is 2.65. The molecule has 0 aliphatic carbocycles. The molecule has 1 aliphatic heterocycles. The maximum atomic E-state index is 12.4. The molecule has 0 aromatic heterocycles. The number of hydrogen-bond donors (Lipinski definition) is 0. The summed E-state index contributed by atoms with van der Waals surface area (Å²) in [4.78, 5) is 11.7. The number of rotatable bonds is 6. The summed E-state index contributed by atoms with van der Waals surface area (Å²) < 4.78 is 78.0. The summed E-state index contributed by atoms with van der Waals surface area (Å²) in [7, 11) is -4.60. The maximum Gasteiger partial charge on any atom is 0.534 e. The number of carbonyl (C=O) groups is 1. The fraction of sp³-hybridized carbons (Fsp3) is 0.727. The Kier molecular flexibility index (Phi) is 5.34. The third kappa shape index (κ3) is 4.03. The predicted molar refractivity (Wildman–Crippen MR) is 65.7 cm³/mol. The Morgan fingerprint density at radius 1 is 1.41 bits per heavy atom. The van der Waals surface area contributed by atoms with Crippen molar-refractivity contribution in [2.45, 2.75) is 31.4 Å². The van der Waals surface area contributed by atoms with Gasteiger partial charge in [-0.25, -0.2) is 4.79 Å². The molecule has 1 heterocycles. The highest BCUT2D eigenvalue weighted by molar-refractivity contribution is 7.87. The largest absolute Gasteiger partial charge is 0.534 e. The summed E-state index contributed by atoms with van der Waals surface area (Å²) in [6.07, 6.45) is -0.399. The van der Waals surface area contributed by atoms with Crippen molar-refractivity contribution >= 4 is 16.1 Å². The molecule has 7 nitrogen and oxygen atoms in total. The molecule has 0 fully saturated rings. The van der Waals surface area contributed by atoms with Gasteiger partial charge in [-0.1, -0.05) is 0 Å². The van der Waals surface area contributed by atoms with E-state index in [2.05, 4.69) is 8.92 Å². The van der Waals surface area contributed by atoms with Crippen molar-refractivity contribution in [3.05, 3.63) is 11.5 Å². The van der Waals surface area contributed by atoms with Crippen LogP contribution in [0.1, 0.15) is 20.3 Å². The van der Waals surface area contributed by atoms with E-state index in [0.29, 0.717) is 0 Å². The van der Waals surface area contributed by atoms with Crippen LogP contribution in [-0.2, 0) is 33.3 Å². The summed E-state index contributed by atoms with van der Waals surface area (Å²) >= 11 is 0. The first-order valence-electron chi connectivity index (χ1n) is 6.05. The summed E-state index contributed by atoms with van der Waals surface area (Å²) in [5.74, 6) is -2.60. The minimum absolute atomic E-state index is 0.0774. The molecule has 22 heavy (non-hydrogen) atoms. The van der Waals surface area contributed by atoms with Crippen LogP contribution in [0.4, 0.5) is 13.2 Å². The second-order valence-electron chi connectivity index (χ2n) is 4.62. The van der Waals surface area contributed by atoms with Gasteiger partial charge in [-0.05, 0) is 13.8 Å². The van der Waals surface area contributed by atoms with Crippen molar-refractivity contribution < 1.29 is 44.8 Å². The highest BCUT2D eigenvalue weighted by Crippen LogP contribution is 2.38. The third-order valence-corrected chi connectivity index (χ3v) is 3.53. The molecule has 0 unspecified atom stereocenters. The van der Waals surface area contributed by atoms with E-state index >= 15 is 0 Å². The molecular formula is C11H15F3O7S. The number of hydrogen-bond acceptors (Lipinski definition) is 7. The Morgan fingerprint density at radius 2 is 2.00 bits per heavy atom. The van der Waals surface area contributed by atoms with E-state index in [0.717, 1.165) is 0 Å². The summed E-state index contributed by atoms with van der Waals surface area (Å²) in [6, 6.07) is 0. The van der Waals surface area contributed by atoms with Crippen molar-refractivity contribution in [1.29, 1.82) is 0 Å². The van der Waals surface area contributed by atoms with Crippen molar-refractivity contribution in [3.8, 4) is 0 Å². The lowest BCUT2D eigenvalue weighted by atomic mass is 10.0. The van der Waals surface area contributed by atoms with E-state index in [1.165, 1.54) is 21.0 Å². The van der Waals surface area contributed by atoms with E-state index in [9.17, 15) is 26.4 Å². The molecule has 0 aromatic rings. The Labute approximate surface area is 125 Å². The summed E-state index contributed by atoms with van der Waals surface area (Å²) in [5.41, 5.74) is -6.87. The van der Waals surface area contributed by atoms with Crippen molar-refractivity contribution in [2.24, 2.45) is 0 Å². The normalized spacial score (nSPS) is 22.5. The molecule has 0 spiro atoms. The van der Waals surface area contributed by atoms with Gasteiger partial charge in [-0.3, -0.25) is 0 Å². The number of methoxy groups -OCH3 is 1. The van der Waals surface area contributed by atoms with Crippen molar-refractivity contribution in [3.63, 3.8) is 0 Å². The second-order valence-corrected chi connectivity index (χ2v) is 6.16. The quantitative estimate of drug-likeness (QED) is 0.408. The highest BCUT2D eigenvalue weighted by Gasteiger charge is 2.52. The van der Waals surface area contributed by atoms with Gasteiger partial charge in [0.15, 0.2) is 5.76 Å². The molecule has 1 aliphatic rings. The molecule has 0 amide bonds. The van der Waals surface area contributed by atoms with Gasteiger partial charge in [0.25, 0.3) is 0 Å². The van der Waals surface area contributed by atoms with Gasteiger partial charge >= 0.3 is 21.6 Å². The molecule has 0 saturated heterocycles. The second kappa shape index (κ2) is 6.32. The molecule has 0 aromatic carbocycles. The minimum Gasteiger partial charge on any atom is -0.475 e. The zero-order chi connectivity index (χ0) is 17.2. The molecule has 0 saturated carbocycles. The number of alkyl halides is 3. The summed E-state index contributed by atoms with van der Waals surface area (Å²) in [6.45, 7) is 2.71. The van der Waals surface area contributed by atoms with Crippen LogP contribution in [0.15, 0.2) is 11.5 Å². The van der Waals surface area contributed by atoms with Gasteiger partial charge in [0.2, 0.25) is 5.76 Å². The molecule has 128 valence electrons. The lowest BCUT2D eigenvalue weighted by Crippen LogP contribution is -2.31. The SMILES string of the molecule is CCOC(=O)C1=C(OS(=O)(=O)C(F)(F)F)C[C@](C)(COC)O1. The van der Waals surface area contributed by atoms with E-state index in [4.69, 9.17) is 9.47 Å². The fourth-order valence-electron chi connectivity index (χ4n) is 1.74. The number of esters is 1. The van der Waals surface area contributed by atoms with Gasteiger partial charge in [-0.2, -0.15) is 21.6 Å². The first-order chi connectivity index (χ1) is 9.96. The highest BCUT2D eigenvalue weighted by atomic mass is 32.2. The van der Waals surface area contributed by atoms with Crippen LogP contribution >= 0.6 is 0 Å². The van der Waals surface area contributed by atoms with Crippen LogP contribution in [0.25, 0.3) is 0 Å². The molecule has 11 heteroatoms. The average molecular weight is 348 g/mol. The predicted octanol–water partition coefficient (Wildman–Crippen LogP) is 1.45. The van der Waals surface area contributed by atoms with Gasteiger partial charge < -0.3 is 18.4 Å². The van der Waals surface area contributed by atoms with E-state index in [1.54, 1.807) is 0 Å². The lowest BCUT2D eigenvalue weighted by Gasteiger charge is -2.23. The molecule has 1 rings (SSSR count). The number of halogens is 3. The summed E-state index contributed by atoms with van der Waals surface area (Å²) in [5, 5.41) is 0.